The van der Waals surface area contributed by atoms with Crippen molar-refractivity contribution in [3.8, 4) is 0 Å². The van der Waals surface area contributed by atoms with Crippen LogP contribution in [0.5, 0.6) is 0 Å². The molecule has 0 radical (unpaired) electrons. The smallest absolute Gasteiger partial charge is 0.363 e. The molecule has 2 fully saturated rings. The molecule has 0 saturated heterocycles. The third kappa shape index (κ3) is 4.30. The van der Waals surface area contributed by atoms with Crippen LogP contribution >= 0.6 is 0 Å². The van der Waals surface area contributed by atoms with E-state index in [9.17, 15) is 0 Å². The van der Waals surface area contributed by atoms with Gasteiger partial charge in [0.05, 0.1) is 5.76 Å². The van der Waals surface area contributed by atoms with Crippen molar-refractivity contribution in [1.29, 1.82) is 0 Å². The fraction of sp³-hybridized carbons (Fsp3) is 0.889. The summed E-state index contributed by atoms with van der Waals surface area (Å²) in [5, 5.41) is 0. The van der Waals surface area contributed by atoms with Gasteiger partial charge in [0.25, 0.3) is 0 Å². The van der Waals surface area contributed by atoms with Crippen LogP contribution in [0.3, 0.4) is 0 Å². The third-order valence-electron chi connectivity index (χ3n) is 5.35. The average molecular weight is 276 g/mol. The molecule has 0 amide bonds. The zero-order valence-electron chi connectivity index (χ0n) is 13.9. The lowest BCUT2D eigenvalue weighted by molar-refractivity contribution is 0.322. The van der Waals surface area contributed by atoms with Crippen molar-refractivity contribution in [2.75, 3.05) is 0 Å². The van der Waals surface area contributed by atoms with E-state index in [1.165, 1.54) is 70.0 Å². The maximum absolute atomic E-state index is 6.60. The van der Waals surface area contributed by atoms with Crippen molar-refractivity contribution in [1.82, 2.24) is 0 Å². The van der Waals surface area contributed by atoms with Gasteiger partial charge in [0.2, 0.25) is 0 Å². The Morgan fingerprint density at radius 1 is 0.900 bits per heavy atom. The van der Waals surface area contributed by atoms with E-state index in [1.807, 2.05) is 0 Å². The summed E-state index contributed by atoms with van der Waals surface area (Å²) in [5.41, 5.74) is 0. The molecule has 0 spiro atoms. The standard InChI is InChI=1S/C18H33BO/c1-4-18(15(2)3)20-19(16-11-7-5-8-12-16)17-13-9-6-10-14-17/h4,15-17H,5-14H2,1-3H3/b18-4+. The Morgan fingerprint density at radius 2 is 1.35 bits per heavy atom. The summed E-state index contributed by atoms with van der Waals surface area (Å²) in [6.45, 7) is 7.15. The van der Waals surface area contributed by atoms with E-state index >= 15 is 0 Å². The second-order valence-electron chi connectivity index (χ2n) is 7.22. The maximum atomic E-state index is 6.60. The highest BCUT2D eigenvalue weighted by Crippen LogP contribution is 2.42. The van der Waals surface area contributed by atoms with E-state index in [0.717, 1.165) is 11.6 Å². The van der Waals surface area contributed by atoms with Crippen LogP contribution in [0.1, 0.15) is 85.0 Å². The van der Waals surface area contributed by atoms with Crippen LogP contribution in [0, 0.1) is 5.92 Å². The zero-order valence-corrected chi connectivity index (χ0v) is 13.9. The van der Waals surface area contributed by atoms with Crippen LogP contribution < -0.4 is 0 Å². The summed E-state index contributed by atoms with van der Waals surface area (Å²) in [7, 11) is 0. The van der Waals surface area contributed by atoms with E-state index in [0.29, 0.717) is 12.8 Å². The number of rotatable bonds is 5. The number of allylic oxidation sites excluding steroid dienone is 2. The summed E-state index contributed by atoms with van der Waals surface area (Å²) < 4.78 is 6.60. The Labute approximate surface area is 126 Å². The predicted octanol–water partition coefficient (Wildman–Crippen LogP) is 6.22. The fourth-order valence-corrected chi connectivity index (χ4v) is 4.20. The van der Waals surface area contributed by atoms with Crippen molar-refractivity contribution in [3.63, 3.8) is 0 Å². The molecule has 2 aliphatic carbocycles. The van der Waals surface area contributed by atoms with Crippen molar-refractivity contribution in [3.05, 3.63) is 11.8 Å². The largest absolute Gasteiger partial charge is 0.563 e. The molecular formula is C18H33BO. The van der Waals surface area contributed by atoms with Gasteiger partial charge >= 0.3 is 6.92 Å². The van der Waals surface area contributed by atoms with Gasteiger partial charge in [-0.2, -0.15) is 0 Å². The summed E-state index contributed by atoms with van der Waals surface area (Å²) >= 11 is 0. The van der Waals surface area contributed by atoms with E-state index < -0.39 is 0 Å². The minimum Gasteiger partial charge on any atom is -0.563 e. The van der Waals surface area contributed by atoms with Crippen LogP contribution in [0.15, 0.2) is 11.8 Å². The monoisotopic (exact) mass is 276 g/mol. The highest BCUT2D eigenvalue weighted by atomic mass is 16.4. The first-order chi connectivity index (χ1) is 9.72. The summed E-state index contributed by atoms with van der Waals surface area (Å²) in [5.74, 6) is 3.39. The first-order valence-electron chi connectivity index (χ1n) is 9.05. The molecule has 0 N–H and O–H groups in total. The molecule has 1 nitrogen and oxygen atoms in total. The third-order valence-corrected chi connectivity index (χ3v) is 5.35. The van der Waals surface area contributed by atoms with Gasteiger partial charge in [-0.15, -0.1) is 0 Å². The molecule has 2 saturated carbocycles. The summed E-state index contributed by atoms with van der Waals surface area (Å²) in [6, 6.07) is 0. The predicted molar refractivity (Wildman–Crippen MR) is 89.1 cm³/mol. The Bertz CT molecular complexity index is 281. The molecule has 0 atom stereocenters. The lowest BCUT2D eigenvalue weighted by atomic mass is 9.41. The first kappa shape index (κ1) is 16.0. The summed E-state index contributed by atoms with van der Waals surface area (Å²) in [4.78, 5) is 0. The normalized spacial score (nSPS) is 23.1. The Morgan fingerprint density at radius 3 is 1.70 bits per heavy atom. The minimum absolute atomic E-state index is 0.504. The van der Waals surface area contributed by atoms with E-state index in [-0.39, 0.29) is 0 Å². The molecule has 2 rings (SSSR count). The van der Waals surface area contributed by atoms with Gasteiger partial charge in [0.15, 0.2) is 0 Å². The zero-order chi connectivity index (χ0) is 14.4. The highest BCUT2D eigenvalue weighted by molar-refractivity contribution is 6.55. The van der Waals surface area contributed by atoms with Gasteiger partial charge in [-0.25, -0.2) is 0 Å². The number of hydrogen-bond donors (Lipinski definition) is 0. The van der Waals surface area contributed by atoms with Gasteiger partial charge in [0.1, 0.15) is 0 Å². The lowest BCUT2D eigenvalue weighted by Gasteiger charge is -2.36. The molecule has 0 aromatic heterocycles. The van der Waals surface area contributed by atoms with Crippen molar-refractivity contribution < 1.29 is 4.65 Å². The molecule has 2 aliphatic rings. The van der Waals surface area contributed by atoms with Gasteiger partial charge in [-0.3, -0.25) is 0 Å². The van der Waals surface area contributed by atoms with Crippen LogP contribution in [0.25, 0.3) is 0 Å². The molecule has 2 heteroatoms. The Hall–Kier alpha value is -0.395. The molecule has 20 heavy (non-hydrogen) atoms. The molecule has 0 bridgehead atoms. The molecule has 0 aromatic rings. The molecule has 114 valence electrons. The van der Waals surface area contributed by atoms with Crippen LogP contribution in [0.2, 0.25) is 11.6 Å². The van der Waals surface area contributed by atoms with E-state index in [4.69, 9.17) is 4.65 Å². The maximum Gasteiger partial charge on any atom is 0.363 e. The highest BCUT2D eigenvalue weighted by Gasteiger charge is 2.38. The van der Waals surface area contributed by atoms with Crippen LogP contribution in [-0.4, -0.2) is 6.92 Å². The van der Waals surface area contributed by atoms with Gasteiger partial charge in [-0.05, 0) is 18.6 Å². The van der Waals surface area contributed by atoms with Crippen molar-refractivity contribution in [2.45, 2.75) is 96.6 Å². The van der Waals surface area contributed by atoms with Gasteiger partial charge < -0.3 is 4.65 Å². The second-order valence-corrected chi connectivity index (χ2v) is 7.22. The Balaban J connectivity index is 2.05. The first-order valence-corrected chi connectivity index (χ1v) is 9.05. The van der Waals surface area contributed by atoms with Gasteiger partial charge in [0, 0.05) is 5.92 Å². The summed E-state index contributed by atoms with van der Waals surface area (Å²) in [6.07, 6.45) is 16.4. The Kier molecular flexibility index (Phi) is 6.51. The lowest BCUT2D eigenvalue weighted by Crippen LogP contribution is -2.33. The average Bonchev–Trinajstić information content (AvgIpc) is 2.50. The SMILES string of the molecule is C/C=C(/OB(C1CCCCC1)C1CCCCC1)C(C)C. The minimum atomic E-state index is 0.504. The van der Waals surface area contributed by atoms with Crippen molar-refractivity contribution in [2.24, 2.45) is 5.92 Å². The fourth-order valence-electron chi connectivity index (χ4n) is 4.20. The van der Waals surface area contributed by atoms with Crippen molar-refractivity contribution >= 4 is 6.92 Å². The molecular weight excluding hydrogens is 243 g/mol. The van der Waals surface area contributed by atoms with Crippen LogP contribution in [-0.2, 0) is 4.65 Å². The van der Waals surface area contributed by atoms with Gasteiger partial charge in [-0.1, -0.05) is 84.1 Å². The second kappa shape index (κ2) is 8.15. The van der Waals surface area contributed by atoms with E-state index in [2.05, 4.69) is 26.8 Å². The molecule has 0 heterocycles. The quantitative estimate of drug-likeness (QED) is 0.427. The molecule has 0 aliphatic heterocycles. The van der Waals surface area contributed by atoms with E-state index in [1.54, 1.807) is 0 Å². The van der Waals surface area contributed by atoms with Crippen LogP contribution in [0.4, 0.5) is 0 Å². The topological polar surface area (TPSA) is 9.23 Å². The number of hydrogen-bond acceptors (Lipinski definition) is 1. The molecule has 0 aromatic carbocycles. The molecule has 0 unspecified atom stereocenters.